The van der Waals surface area contributed by atoms with Gasteiger partial charge in [-0.15, -0.1) is 12.4 Å². The van der Waals surface area contributed by atoms with Crippen LogP contribution in [0, 0.1) is 6.92 Å². The number of aromatic hydroxyl groups is 1. The summed E-state index contributed by atoms with van der Waals surface area (Å²) in [5.74, 6) is 0.624. The number of hydrogen-bond donors (Lipinski definition) is 1. The average Bonchev–Trinajstić information content (AvgIpc) is 3.16. The van der Waals surface area contributed by atoms with E-state index in [1.807, 2.05) is 37.2 Å². The minimum absolute atomic E-state index is 0. The Morgan fingerprint density at radius 2 is 1.79 bits per heavy atom. The molecule has 0 aliphatic rings. The second-order valence-electron chi connectivity index (χ2n) is 6.83. The Labute approximate surface area is 181 Å². The number of phenols is 1. The van der Waals surface area contributed by atoms with Gasteiger partial charge in [0, 0.05) is 27.4 Å². The van der Waals surface area contributed by atoms with E-state index >= 15 is 0 Å². The van der Waals surface area contributed by atoms with Crippen LogP contribution >= 0.6 is 28.3 Å². The number of aryl methyl sites for hydroxylation is 1. The maximum Gasteiger partial charge on any atom is 0.232 e. The first-order chi connectivity index (χ1) is 12.8. The summed E-state index contributed by atoms with van der Waals surface area (Å²) in [6, 6.07) is 10.6. The fourth-order valence-corrected chi connectivity index (χ4v) is 3.74. The van der Waals surface area contributed by atoms with E-state index in [4.69, 9.17) is 8.83 Å². The van der Waals surface area contributed by atoms with E-state index in [9.17, 15) is 9.90 Å². The van der Waals surface area contributed by atoms with Crippen LogP contribution in [0.1, 0.15) is 27.4 Å². The van der Waals surface area contributed by atoms with Gasteiger partial charge in [-0.1, -0.05) is 15.9 Å². The van der Waals surface area contributed by atoms with Crippen LogP contribution in [-0.2, 0) is 6.54 Å². The first-order valence-corrected chi connectivity index (χ1v) is 9.27. The van der Waals surface area contributed by atoms with Crippen molar-refractivity contribution in [2.45, 2.75) is 13.5 Å². The molecule has 29 heavy (non-hydrogen) atoms. The van der Waals surface area contributed by atoms with Crippen molar-refractivity contribution in [1.29, 1.82) is 0 Å². The fourth-order valence-electron chi connectivity index (χ4n) is 3.37. The lowest BCUT2D eigenvalue weighted by molar-refractivity contribution is 0.101. The third kappa shape index (κ3) is 4.04. The molecule has 2 heterocycles. The van der Waals surface area contributed by atoms with Crippen LogP contribution in [-0.4, -0.2) is 35.4 Å². The normalized spacial score (nSPS) is 10.9. The third-order valence-corrected chi connectivity index (χ3v) is 5.01. The van der Waals surface area contributed by atoms with Crippen molar-refractivity contribution < 1.29 is 24.2 Å². The lowest BCUT2D eigenvalue weighted by atomic mass is 9.99. The first-order valence-electron chi connectivity index (χ1n) is 8.47. The number of nitrogens with zero attached hydrogens (tertiary/aromatic N) is 1. The average molecular weight is 483 g/mol. The Bertz CT molecular complexity index is 1190. The molecule has 0 saturated heterocycles. The van der Waals surface area contributed by atoms with Crippen LogP contribution < -0.4 is 0 Å². The van der Waals surface area contributed by atoms with Gasteiger partial charge in [0.1, 0.15) is 22.7 Å². The number of benzene rings is 2. The molecule has 0 saturated carbocycles. The number of carbonyl (C=O) groups excluding carboxylic acids is 1. The summed E-state index contributed by atoms with van der Waals surface area (Å²) in [6.45, 7) is 2.23. The van der Waals surface area contributed by atoms with Gasteiger partial charge in [0.15, 0.2) is 5.76 Å². The van der Waals surface area contributed by atoms with Crippen LogP contribution in [0.3, 0.4) is 0 Å². The fraction of sp³-hybridized carbons (Fsp3) is 0.190. The number of phenolic OH excluding ortho intramolecular Hbond substituents is 1. The second-order valence-corrected chi connectivity index (χ2v) is 7.75. The van der Waals surface area contributed by atoms with Crippen LogP contribution in [0.4, 0.5) is 0 Å². The highest BCUT2D eigenvalue weighted by Gasteiger charge is 2.26. The van der Waals surface area contributed by atoms with Gasteiger partial charge < -0.3 is 24.3 Å². The van der Waals surface area contributed by atoms with Crippen molar-refractivity contribution in [1.82, 2.24) is 4.90 Å². The van der Waals surface area contributed by atoms with Crippen LogP contribution in [0.15, 0.2) is 49.7 Å². The smallest absolute Gasteiger partial charge is 0.232 e. The van der Waals surface area contributed by atoms with Crippen LogP contribution in [0.5, 0.6) is 5.75 Å². The standard InChI is InChI=1S/C21H18BrNO4.ClH.H2O/c1-11-19(20-14(10-23(2)3)15(24)5-7-17(20)26-11)21(25)18-9-12-8-13(22)4-6-16(12)27-18;;/h4-9,24H,10H2,1-3H3;1H;1H2. The largest absolute Gasteiger partial charge is 0.508 e. The number of hydrogen-bond acceptors (Lipinski definition) is 5. The monoisotopic (exact) mass is 481 g/mol. The number of ketones is 1. The van der Waals surface area contributed by atoms with Crippen molar-refractivity contribution in [3.63, 3.8) is 0 Å². The van der Waals surface area contributed by atoms with Crippen molar-refractivity contribution in [3.05, 3.63) is 63.5 Å². The molecule has 0 fully saturated rings. The molecule has 0 atom stereocenters. The van der Waals surface area contributed by atoms with Gasteiger partial charge in [-0.05, 0) is 57.4 Å². The van der Waals surface area contributed by atoms with E-state index in [2.05, 4.69) is 15.9 Å². The van der Waals surface area contributed by atoms with Gasteiger partial charge in [-0.3, -0.25) is 4.79 Å². The van der Waals surface area contributed by atoms with E-state index in [0.717, 1.165) is 9.86 Å². The molecule has 2 aromatic carbocycles. The van der Waals surface area contributed by atoms with Gasteiger partial charge in [-0.25, -0.2) is 0 Å². The Kier molecular flexibility index (Phi) is 6.80. The topological polar surface area (TPSA) is 98.3 Å². The highest BCUT2D eigenvalue weighted by Crippen LogP contribution is 2.36. The first kappa shape index (κ1) is 23.0. The lowest BCUT2D eigenvalue weighted by Gasteiger charge is -2.12. The summed E-state index contributed by atoms with van der Waals surface area (Å²) < 4.78 is 12.5. The van der Waals surface area contributed by atoms with Gasteiger partial charge in [-0.2, -0.15) is 0 Å². The summed E-state index contributed by atoms with van der Waals surface area (Å²) in [4.78, 5) is 15.2. The molecular weight excluding hydrogens is 462 g/mol. The molecule has 154 valence electrons. The maximum absolute atomic E-state index is 13.3. The lowest BCUT2D eigenvalue weighted by Crippen LogP contribution is -2.12. The van der Waals surface area contributed by atoms with Gasteiger partial charge in [0.2, 0.25) is 5.78 Å². The molecule has 2 aromatic heterocycles. The quantitative estimate of drug-likeness (QED) is 0.419. The van der Waals surface area contributed by atoms with Crippen LogP contribution in [0.2, 0.25) is 0 Å². The van der Waals surface area contributed by atoms with Crippen molar-refractivity contribution in [3.8, 4) is 5.75 Å². The molecule has 0 amide bonds. The minimum Gasteiger partial charge on any atom is -0.508 e. The predicted octanol–water partition coefficient (Wildman–Crippen LogP) is 4.85. The highest BCUT2D eigenvalue weighted by atomic mass is 79.9. The summed E-state index contributed by atoms with van der Waals surface area (Å²) in [6.07, 6.45) is 0. The molecule has 4 rings (SSSR count). The second kappa shape index (κ2) is 8.59. The molecule has 0 spiro atoms. The van der Waals surface area contributed by atoms with Crippen molar-refractivity contribution in [2.24, 2.45) is 0 Å². The number of carbonyl (C=O) groups is 1. The van der Waals surface area contributed by atoms with E-state index in [0.29, 0.717) is 40.0 Å². The van der Waals surface area contributed by atoms with Gasteiger partial charge >= 0.3 is 0 Å². The van der Waals surface area contributed by atoms with Crippen LogP contribution in [0.25, 0.3) is 21.9 Å². The van der Waals surface area contributed by atoms with E-state index in [1.165, 1.54) is 0 Å². The molecule has 0 unspecified atom stereocenters. The summed E-state index contributed by atoms with van der Waals surface area (Å²) in [5, 5.41) is 11.9. The minimum atomic E-state index is -0.260. The van der Waals surface area contributed by atoms with Crippen molar-refractivity contribution in [2.75, 3.05) is 14.1 Å². The molecule has 0 bridgehead atoms. The summed E-state index contributed by atoms with van der Waals surface area (Å²) in [7, 11) is 3.81. The highest BCUT2D eigenvalue weighted by molar-refractivity contribution is 9.10. The molecule has 0 aliphatic heterocycles. The van der Waals surface area contributed by atoms with Gasteiger partial charge in [0.25, 0.3) is 0 Å². The zero-order valence-electron chi connectivity index (χ0n) is 16.1. The molecule has 0 radical (unpaired) electrons. The molecular formula is C21H21BrClNO5. The summed E-state index contributed by atoms with van der Waals surface area (Å²) in [5.41, 5.74) is 2.31. The number of rotatable bonds is 4. The predicted molar refractivity (Wildman–Crippen MR) is 118 cm³/mol. The Hall–Kier alpha value is -2.32. The molecule has 0 aliphatic carbocycles. The van der Waals surface area contributed by atoms with Gasteiger partial charge in [0.05, 0.1) is 5.56 Å². The SMILES string of the molecule is Cc1oc2ccc(O)c(CN(C)C)c2c1C(=O)c1cc2cc(Br)ccc2o1.Cl.O. The maximum atomic E-state index is 13.3. The molecule has 3 N–H and O–H groups in total. The Morgan fingerprint density at radius 1 is 1.10 bits per heavy atom. The Balaban J connectivity index is 0.00000150. The van der Waals surface area contributed by atoms with Crippen molar-refractivity contribution >= 4 is 56.1 Å². The number of furan rings is 2. The van der Waals surface area contributed by atoms with E-state index in [1.54, 1.807) is 25.1 Å². The zero-order valence-corrected chi connectivity index (χ0v) is 18.5. The molecule has 4 aromatic rings. The number of fused-ring (bicyclic) bond motifs is 2. The molecule has 6 nitrogen and oxygen atoms in total. The van der Waals surface area contributed by atoms with E-state index < -0.39 is 0 Å². The van der Waals surface area contributed by atoms with E-state index in [-0.39, 0.29) is 35.2 Å². The number of halogens is 2. The third-order valence-electron chi connectivity index (χ3n) is 4.52. The molecule has 8 heteroatoms. The zero-order chi connectivity index (χ0) is 19.3. The Morgan fingerprint density at radius 3 is 2.48 bits per heavy atom. The summed E-state index contributed by atoms with van der Waals surface area (Å²) >= 11 is 3.43.